The van der Waals surface area contributed by atoms with Gasteiger partial charge in [0.25, 0.3) is 5.91 Å². The number of hydrogen-bond acceptors (Lipinski definition) is 5. The number of nitrogens with zero attached hydrogens (tertiary/aromatic N) is 3. The molecule has 0 unspecified atom stereocenters. The molecule has 0 atom stereocenters. The van der Waals surface area contributed by atoms with Crippen LogP contribution in [0.15, 0.2) is 66.7 Å². The molecule has 0 N–H and O–H groups in total. The summed E-state index contributed by atoms with van der Waals surface area (Å²) in [6.45, 7) is 6.83. The van der Waals surface area contributed by atoms with Gasteiger partial charge in [0.15, 0.2) is 11.5 Å². The highest BCUT2D eigenvalue weighted by molar-refractivity contribution is 5.94. The fraction of sp³-hybridized carbons (Fsp3) is 0.375. The van der Waals surface area contributed by atoms with Crippen LogP contribution >= 0.6 is 0 Å². The fourth-order valence-corrected chi connectivity index (χ4v) is 5.40. The average molecular weight is 546 g/mol. The Labute approximate surface area is 235 Å². The van der Waals surface area contributed by atoms with Crippen LogP contribution in [0.1, 0.15) is 35.7 Å². The van der Waals surface area contributed by atoms with Gasteiger partial charge in [0.05, 0.1) is 7.11 Å². The Morgan fingerprint density at radius 2 is 1.55 bits per heavy atom. The third-order valence-electron chi connectivity index (χ3n) is 7.76. The van der Waals surface area contributed by atoms with Gasteiger partial charge in [-0.1, -0.05) is 30.3 Å². The lowest BCUT2D eigenvalue weighted by Crippen LogP contribution is -2.47. The zero-order valence-electron chi connectivity index (χ0n) is 23.1. The smallest absolute Gasteiger partial charge is 0.253 e. The van der Waals surface area contributed by atoms with E-state index in [2.05, 4.69) is 11.0 Å². The number of likely N-dealkylation sites (tertiary alicyclic amines) is 1. The van der Waals surface area contributed by atoms with E-state index in [0.717, 1.165) is 68.0 Å². The number of carbonyl (C=O) groups is 2. The van der Waals surface area contributed by atoms with Crippen molar-refractivity contribution < 1.29 is 23.5 Å². The zero-order valence-corrected chi connectivity index (χ0v) is 23.1. The molecular formula is C32H36FN3O4. The Balaban J connectivity index is 1.15. The number of piperidine rings is 1. The van der Waals surface area contributed by atoms with Gasteiger partial charge in [0.2, 0.25) is 5.91 Å². The second kappa shape index (κ2) is 12.5. The van der Waals surface area contributed by atoms with E-state index in [1.165, 1.54) is 12.1 Å². The van der Waals surface area contributed by atoms with Crippen molar-refractivity contribution in [2.45, 2.75) is 32.4 Å². The fourth-order valence-electron chi connectivity index (χ4n) is 5.40. The maximum atomic E-state index is 13.6. The van der Waals surface area contributed by atoms with Crippen molar-refractivity contribution in [3.05, 3.63) is 83.7 Å². The Morgan fingerprint density at radius 3 is 2.20 bits per heavy atom. The van der Waals surface area contributed by atoms with Crippen molar-refractivity contribution in [1.82, 2.24) is 14.7 Å². The molecule has 40 heavy (non-hydrogen) atoms. The molecule has 210 valence electrons. The molecule has 2 aliphatic heterocycles. The van der Waals surface area contributed by atoms with E-state index in [-0.39, 0.29) is 23.7 Å². The Morgan fingerprint density at radius 1 is 0.825 bits per heavy atom. The first-order chi connectivity index (χ1) is 19.4. The van der Waals surface area contributed by atoms with Crippen LogP contribution in [0.5, 0.6) is 11.5 Å². The molecular weight excluding hydrogens is 509 g/mol. The van der Waals surface area contributed by atoms with Crippen LogP contribution in [-0.4, -0.2) is 79.0 Å². The van der Waals surface area contributed by atoms with E-state index in [0.29, 0.717) is 24.4 Å². The summed E-state index contributed by atoms with van der Waals surface area (Å²) in [6, 6.07) is 19.8. The average Bonchev–Trinajstić information content (AvgIpc) is 2.98. The second-order valence-electron chi connectivity index (χ2n) is 10.5. The lowest BCUT2D eigenvalue weighted by molar-refractivity contribution is -0.130. The van der Waals surface area contributed by atoms with Crippen molar-refractivity contribution in [3.8, 4) is 22.6 Å². The van der Waals surface area contributed by atoms with Crippen LogP contribution in [0.25, 0.3) is 11.1 Å². The summed E-state index contributed by atoms with van der Waals surface area (Å²) in [5.41, 5.74) is 3.42. The van der Waals surface area contributed by atoms with Gasteiger partial charge in [-0.05, 0) is 53.1 Å². The molecule has 0 radical (unpaired) electrons. The van der Waals surface area contributed by atoms with E-state index in [1.54, 1.807) is 20.1 Å². The Hall–Kier alpha value is -3.91. The summed E-state index contributed by atoms with van der Waals surface area (Å²) < 4.78 is 25.5. The summed E-state index contributed by atoms with van der Waals surface area (Å²) in [7, 11) is 1.64. The number of amides is 2. The predicted octanol–water partition coefficient (Wildman–Crippen LogP) is 4.85. The quantitative estimate of drug-likeness (QED) is 0.425. The Kier molecular flexibility index (Phi) is 8.65. The van der Waals surface area contributed by atoms with Crippen molar-refractivity contribution >= 4 is 11.8 Å². The number of ether oxygens (including phenoxy) is 2. The molecule has 2 heterocycles. The molecule has 8 heteroatoms. The van der Waals surface area contributed by atoms with Gasteiger partial charge in [0, 0.05) is 71.1 Å². The number of carbonyl (C=O) groups excluding carboxylic acids is 2. The third-order valence-corrected chi connectivity index (χ3v) is 7.76. The van der Waals surface area contributed by atoms with Crippen LogP contribution in [0.3, 0.4) is 0 Å². The van der Waals surface area contributed by atoms with Gasteiger partial charge >= 0.3 is 0 Å². The van der Waals surface area contributed by atoms with Crippen molar-refractivity contribution in [3.63, 3.8) is 0 Å². The lowest BCUT2D eigenvalue weighted by Gasteiger charge is -2.34. The normalized spacial score (nSPS) is 16.6. The van der Waals surface area contributed by atoms with Crippen molar-refractivity contribution in [1.29, 1.82) is 0 Å². The van der Waals surface area contributed by atoms with E-state index in [9.17, 15) is 14.0 Å². The molecule has 0 spiro atoms. The van der Waals surface area contributed by atoms with Crippen LogP contribution in [0.4, 0.5) is 4.39 Å². The van der Waals surface area contributed by atoms with E-state index >= 15 is 0 Å². The highest BCUT2D eigenvalue weighted by atomic mass is 19.1. The van der Waals surface area contributed by atoms with Gasteiger partial charge in [0.1, 0.15) is 11.9 Å². The topological polar surface area (TPSA) is 62.3 Å². The number of rotatable bonds is 7. The molecule has 0 aromatic heterocycles. The zero-order chi connectivity index (χ0) is 28.1. The van der Waals surface area contributed by atoms with Crippen molar-refractivity contribution in [2.75, 3.05) is 46.4 Å². The molecule has 0 bridgehead atoms. The SMILES string of the molecule is COc1ccc(CN2CCN(C(C)=O)CC2)cc1OC1CCN(C(=O)c2ccc(-c3cccc(F)c3)cc2)CC1. The number of halogens is 1. The standard InChI is InChI=1S/C32H36FN3O4/c1-23(37)35-18-16-34(17-19-35)22-24-6-11-30(39-2)31(20-24)40-29-12-14-36(15-13-29)32(38)26-9-7-25(8-10-26)27-4-3-5-28(33)21-27/h3-11,20-21,29H,12-19,22H2,1-2H3. The summed E-state index contributed by atoms with van der Waals surface area (Å²) in [4.78, 5) is 30.9. The summed E-state index contributed by atoms with van der Waals surface area (Å²) in [5.74, 6) is 1.26. The number of benzene rings is 3. The maximum Gasteiger partial charge on any atom is 0.253 e. The molecule has 0 aliphatic carbocycles. The first kappa shape index (κ1) is 27.6. The van der Waals surface area contributed by atoms with Crippen LogP contribution in [-0.2, 0) is 11.3 Å². The van der Waals surface area contributed by atoms with Gasteiger partial charge in [-0.25, -0.2) is 4.39 Å². The number of methoxy groups -OCH3 is 1. The second-order valence-corrected chi connectivity index (χ2v) is 10.5. The first-order valence-corrected chi connectivity index (χ1v) is 13.9. The van der Waals surface area contributed by atoms with E-state index < -0.39 is 0 Å². The minimum absolute atomic E-state index is 0.00584. The lowest BCUT2D eigenvalue weighted by atomic mass is 10.0. The first-order valence-electron chi connectivity index (χ1n) is 13.9. The molecule has 2 fully saturated rings. The minimum atomic E-state index is -0.281. The number of piperazine rings is 1. The molecule has 5 rings (SSSR count). The Bertz CT molecular complexity index is 1330. The van der Waals surface area contributed by atoms with E-state index in [4.69, 9.17) is 9.47 Å². The summed E-state index contributed by atoms with van der Waals surface area (Å²) in [6.07, 6.45) is 1.45. The highest BCUT2D eigenvalue weighted by Gasteiger charge is 2.26. The van der Waals surface area contributed by atoms with Crippen LogP contribution in [0, 0.1) is 5.82 Å². The molecule has 0 saturated carbocycles. The van der Waals surface area contributed by atoms with Gasteiger partial charge < -0.3 is 19.3 Å². The molecule has 3 aromatic rings. The predicted molar refractivity (Wildman–Crippen MR) is 152 cm³/mol. The molecule has 2 aliphatic rings. The minimum Gasteiger partial charge on any atom is -0.493 e. The maximum absolute atomic E-state index is 13.6. The highest BCUT2D eigenvalue weighted by Crippen LogP contribution is 2.32. The monoisotopic (exact) mass is 545 g/mol. The largest absolute Gasteiger partial charge is 0.493 e. The number of hydrogen-bond donors (Lipinski definition) is 0. The molecule has 2 amide bonds. The summed E-state index contributed by atoms with van der Waals surface area (Å²) in [5, 5.41) is 0. The molecule has 2 saturated heterocycles. The van der Waals surface area contributed by atoms with Crippen molar-refractivity contribution in [2.24, 2.45) is 0 Å². The summed E-state index contributed by atoms with van der Waals surface area (Å²) >= 11 is 0. The van der Waals surface area contributed by atoms with Crippen LogP contribution in [0.2, 0.25) is 0 Å². The van der Waals surface area contributed by atoms with Gasteiger partial charge in [-0.2, -0.15) is 0 Å². The molecule has 3 aromatic carbocycles. The van der Waals surface area contributed by atoms with Gasteiger partial charge in [-0.15, -0.1) is 0 Å². The van der Waals surface area contributed by atoms with Gasteiger partial charge in [-0.3, -0.25) is 14.5 Å². The van der Waals surface area contributed by atoms with Crippen LogP contribution < -0.4 is 9.47 Å². The van der Waals surface area contributed by atoms with E-state index in [1.807, 2.05) is 52.3 Å². The molecule has 7 nitrogen and oxygen atoms in total. The third kappa shape index (κ3) is 6.62.